The van der Waals surface area contributed by atoms with E-state index in [1.807, 2.05) is 6.21 Å². The molecule has 0 radical (unpaired) electrons. The molecule has 1 aromatic rings. The lowest BCUT2D eigenvalue weighted by molar-refractivity contribution is 0.0462. The van der Waals surface area contributed by atoms with Crippen molar-refractivity contribution in [3.63, 3.8) is 0 Å². The van der Waals surface area contributed by atoms with Gasteiger partial charge in [0.25, 0.3) is 0 Å². The summed E-state index contributed by atoms with van der Waals surface area (Å²) in [5.41, 5.74) is 1.02. The third kappa shape index (κ3) is 5.53. The number of benzene rings is 1. The van der Waals surface area contributed by atoms with Gasteiger partial charge in [-0.3, -0.25) is 4.90 Å². The second-order valence-corrected chi connectivity index (χ2v) is 7.38. The standard InChI is InChI=1S/C20H27ClFN3O/c1-2-25(20-8-5-17(21)13-23-20)12-11-24-10-9-19(14-24)26-15-16-3-6-18(22)7-4-16/h3-4,6-8,13,17,19H,2,5,9-12,14-15H2,1H3/t17?,19-/m0/s1. The number of ether oxygens (including phenoxy) is 1. The lowest BCUT2D eigenvalue weighted by Crippen LogP contribution is -2.34. The van der Waals surface area contributed by atoms with Gasteiger partial charge in [-0.15, -0.1) is 11.6 Å². The third-order valence-electron chi connectivity index (χ3n) is 4.91. The Bertz CT molecular complexity index is 634. The van der Waals surface area contributed by atoms with Crippen LogP contribution in [0.15, 0.2) is 41.2 Å². The summed E-state index contributed by atoms with van der Waals surface area (Å²) in [5.74, 6) is 0.827. The highest BCUT2D eigenvalue weighted by Gasteiger charge is 2.23. The first-order valence-electron chi connectivity index (χ1n) is 9.36. The molecule has 2 aliphatic heterocycles. The van der Waals surface area contributed by atoms with Gasteiger partial charge in [-0.25, -0.2) is 9.38 Å². The van der Waals surface area contributed by atoms with E-state index in [1.54, 1.807) is 12.1 Å². The van der Waals surface area contributed by atoms with Crippen molar-refractivity contribution < 1.29 is 9.13 Å². The van der Waals surface area contributed by atoms with Gasteiger partial charge in [0.05, 0.1) is 18.1 Å². The number of likely N-dealkylation sites (tertiary alicyclic amines) is 1. The number of hydrogen-bond acceptors (Lipinski definition) is 4. The smallest absolute Gasteiger partial charge is 0.124 e. The first kappa shape index (κ1) is 19.3. The Balaban J connectivity index is 1.39. The Morgan fingerprint density at radius 3 is 2.85 bits per heavy atom. The average molecular weight is 380 g/mol. The van der Waals surface area contributed by atoms with E-state index in [1.165, 1.54) is 12.1 Å². The summed E-state index contributed by atoms with van der Waals surface area (Å²) in [4.78, 5) is 9.21. The molecule has 0 N–H and O–H groups in total. The number of nitrogens with zero attached hydrogens (tertiary/aromatic N) is 3. The number of hydrogen-bond donors (Lipinski definition) is 0. The van der Waals surface area contributed by atoms with Crippen LogP contribution in [0, 0.1) is 5.82 Å². The van der Waals surface area contributed by atoms with Crippen LogP contribution in [0.25, 0.3) is 0 Å². The minimum Gasteiger partial charge on any atom is -0.372 e. The topological polar surface area (TPSA) is 28.1 Å². The van der Waals surface area contributed by atoms with E-state index in [9.17, 15) is 4.39 Å². The molecule has 0 spiro atoms. The minimum atomic E-state index is -0.208. The van der Waals surface area contributed by atoms with Gasteiger partial charge in [-0.2, -0.15) is 0 Å². The summed E-state index contributed by atoms with van der Waals surface area (Å²) in [5, 5.41) is 0.0232. The minimum absolute atomic E-state index is 0.0232. The van der Waals surface area contributed by atoms with Crippen molar-refractivity contribution >= 4 is 17.8 Å². The molecule has 3 rings (SSSR count). The summed E-state index contributed by atoms with van der Waals surface area (Å²) < 4.78 is 18.9. The van der Waals surface area contributed by atoms with E-state index in [2.05, 4.69) is 27.8 Å². The number of halogens is 2. The zero-order valence-electron chi connectivity index (χ0n) is 15.3. The lowest BCUT2D eigenvalue weighted by atomic mass is 10.2. The predicted octanol–water partition coefficient (Wildman–Crippen LogP) is 3.66. The Labute approximate surface area is 160 Å². The molecule has 1 fully saturated rings. The van der Waals surface area contributed by atoms with Crippen LogP contribution in [0.1, 0.15) is 25.3 Å². The molecular weight excluding hydrogens is 353 g/mol. The van der Waals surface area contributed by atoms with Crippen LogP contribution in [-0.4, -0.2) is 60.2 Å². The lowest BCUT2D eigenvalue weighted by Gasteiger charge is -2.27. The van der Waals surface area contributed by atoms with Crippen LogP contribution >= 0.6 is 11.6 Å². The molecule has 26 heavy (non-hydrogen) atoms. The van der Waals surface area contributed by atoms with Gasteiger partial charge in [0.2, 0.25) is 0 Å². The number of allylic oxidation sites excluding steroid dienone is 1. The van der Waals surface area contributed by atoms with Gasteiger partial charge in [-0.1, -0.05) is 12.1 Å². The fraction of sp³-hybridized carbons (Fsp3) is 0.550. The molecule has 6 heteroatoms. The van der Waals surface area contributed by atoms with Gasteiger partial charge >= 0.3 is 0 Å². The first-order chi connectivity index (χ1) is 12.6. The maximum atomic E-state index is 12.9. The molecule has 4 nitrogen and oxygen atoms in total. The average Bonchev–Trinajstić information content (AvgIpc) is 3.11. The van der Waals surface area contributed by atoms with Crippen molar-refractivity contribution in [2.45, 2.75) is 37.9 Å². The molecule has 1 saturated heterocycles. The monoisotopic (exact) mass is 379 g/mol. The quantitative estimate of drug-likeness (QED) is 0.645. The maximum Gasteiger partial charge on any atom is 0.124 e. The molecule has 2 aliphatic rings. The fourth-order valence-corrected chi connectivity index (χ4v) is 3.47. The highest BCUT2D eigenvalue weighted by molar-refractivity contribution is 6.28. The van der Waals surface area contributed by atoms with Crippen LogP contribution in [0.3, 0.4) is 0 Å². The number of rotatable bonds is 8. The molecule has 2 heterocycles. The van der Waals surface area contributed by atoms with E-state index < -0.39 is 0 Å². The molecular formula is C20H27ClFN3O. The Morgan fingerprint density at radius 1 is 1.35 bits per heavy atom. The van der Waals surface area contributed by atoms with Crippen molar-refractivity contribution in [3.05, 3.63) is 47.5 Å². The molecule has 0 saturated carbocycles. The Kier molecular flexibility index (Phi) is 7.06. The van der Waals surface area contributed by atoms with Crippen LogP contribution in [-0.2, 0) is 11.3 Å². The molecule has 0 aliphatic carbocycles. The molecule has 1 aromatic carbocycles. The summed E-state index contributed by atoms with van der Waals surface area (Å²) in [6, 6.07) is 6.53. The predicted molar refractivity (Wildman–Crippen MR) is 104 cm³/mol. The van der Waals surface area contributed by atoms with E-state index in [-0.39, 0.29) is 17.3 Å². The van der Waals surface area contributed by atoms with Crippen molar-refractivity contribution in [2.24, 2.45) is 4.99 Å². The van der Waals surface area contributed by atoms with Crippen LogP contribution in [0.2, 0.25) is 0 Å². The second-order valence-electron chi connectivity index (χ2n) is 6.82. The highest BCUT2D eigenvalue weighted by Crippen LogP contribution is 2.18. The van der Waals surface area contributed by atoms with Gasteiger partial charge in [0, 0.05) is 38.9 Å². The molecule has 2 atom stereocenters. The normalized spacial score (nSPS) is 23.3. The SMILES string of the molecule is CCN(CCN1CC[C@H](OCc2ccc(F)cc2)C1)C1=CCC(Cl)C=N1. The van der Waals surface area contributed by atoms with Crippen molar-refractivity contribution in [1.82, 2.24) is 9.80 Å². The first-order valence-corrected chi connectivity index (χ1v) is 9.79. The third-order valence-corrected chi connectivity index (χ3v) is 5.20. The summed E-state index contributed by atoms with van der Waals surface area (Å²) in [6.45, 7) is 7.60. The summed E-state index contributed by atoms with van der Waals surface area (Å²) in [6.07, 6.45) is 6.09. The van der Waals surface area contributed by atoms with Gasteiger partial charge < -0.3 is 9.64 Å². The zero-order valence-corrected chi connectivity index (χ0v) is 16.0. The van der Waals surface area contributed by atoms with E-state index in [0.717, 1.165) is 56.9 Å². The van der Waals surface area contributed by atoms with Crippen molar-refractivity contribution in [1.29, 1.82) is 0 Å². The van der Waals surface area contributed by atoms with Crippen LogP contribution < -0.4 is 0 Å². The van der Waals surface area contributed by atoms with E-state index in [4.69, 9.17) is 16.3 Å². The summed E-state index contributed by atoms with van der Waals surface area (Å²) >= 11 is 6.06. The van der Waals surface area contributed by atoms with Crippen molar-refractivity contribution in [2.75, 3.05) is 32.7 Å². The van der Waals surface area contributed by atoms with Crippen LogP contribution in [0.5, 0.6) is 0 Å². The number of likely N-dealkylation sites (N-methyl/N-ethyl adjacent to an activating group) is 1. The summed E-state index contributed by atoms with van der Waals surface area (Å²) in [7, 11) is 0. The van der Waals surface area contributed by atoms with Gasteiger partial charge in [-0.05, 0) is 43.5 Å². The van der Waals surface area contributed by atoms with Gasteiger partial charge in [0.15, 0.2) is 0 Å². The highest BCUT2D eigenvalue weighted by atomic mass is 35.5. The maximum absolute atomic E-state index is 12.9. The van der Waals surface area contributed by atoms with E-state index >= 15 is 0 Å². The number of alkyl halides is 1. The van der Waals surface area contributed by atoms with E-state index in [0.29, 0.717) is 6.61 Å². The van der Waals surface area contributed by atoms with Gasteiger partial charge in [0.1, 0.15) is 11.6 Å². The molecule has 1 unspecified atom stereocenters. The largest absolute Gasteiger partial charge is 0.372 e. The molecule has 0 amide bonds. The van der Waals surface area contributed by atoms with Crippen LogP contribution in [0.4, 0.5) is 4.39 Å². The Hall–Kier alpha value is -1.43. The molecule has 0 bridgehead atoms. The van der Waals surface area contributed by atoms with Crippen molar-refractivity contribution in [3.8, 4) is 0 Å². The molecule has 142 valence electrons. The number of aliphatic imine (C=N–C) groups is 1. The molecule has 0 aromatic heterocycles. The fourth-order valence-electron chi connectivity index (χ4n) is 3.33. The Morgan fingerprint density at radius 2 is 2.15 bits per heavy atom. The second kappa shape index (κ2) is 9.49. The zero-order chi connectivity index (χ0) is 18.4.